The van der Waals surface area contributed by atoms with Crippen molar-refractivity contribution in [3.63, 3.8) is 0 Å². The van der Waals surface area contributed by atoms with E-state index in [1.165, 1.54) is 54.7 Å². The molecule has 0 spiro atoms. The third-order valence-electron chi connectivity index (χ3n) is 11.9. The lowest BCUT2D eigenvalue weighted by Gasteiger charge is -2.37. The van der Waals surface area contributed by atoms with Gasteiger partial charge in [-0.25, -0.2) is 23.8 Å². The van der Waals surface area contributed by atoms with Gasteiger partial charge in [0.1, 0.15) is 28.8 Å². The molecule has 3 aliphatic heterocycles. The van der Waals surface area contributed by atoms with Gasteiger partial charge in [0.15, 0.2) is 0 Å². The first-order chi connectivity index (χ1) is 31.7. The highest BCUT2D eigenvalue weighted by Crippen LogP contribution is 2.36. The fraction of sp³-hybridized carbons (Fsp3) is 0.326. The molecule has 0 saturated carbocycles. The summed E-state index contributed by atoms with van der Waals surface area (Å²) in [5.74, 6) is -3.38. The van der Waals surface area contributed by atoms with Gasteiger partial charge in [0.25, 0.3) is 11.8 Å². The number of imide groups is 1. The van der Waals surface area contributed by atoms with E-state index >= 15 is 4.39 Å². The molecule has 8 rings (SSSR count). The number of pyridine rings is 1. The Morgan fingerprint density at radius 1 is 0.758 bits per heavy atom. The quantitative estimate of drug-likeness (QED) is 0.0605. The summed E-state index contributed by atoms with van der Waals surface area (Å²) in [5, 5.41) is 12.3. The molecular weight excluding hydrogens is 866 g/mol. The minimum absolute atomic E-state index is 0.133. The molecule has 3 aliphatic rings. The largest absolute Gasteiger partial charge is 0.421 e. The second kappa shape index (κ2) is 20.0. The molecule has 0 radical (unpaired) electrons. The van der Waals surface area contributed by atoms with Crippen LogP contribution in [0.15, 0.2) is 91.3 Å². The maximum absolute atomic E-state index is 15.1. The Balaban J connectivity index is 0.769. The molecule has 344 valence electrons. The van der Waals surface area contributed by atoms with Crippen LogP contribution in [-0.2, 0) is 15.8 Å². The number of hydrogen-bond acceptors (Lipinski definition) is 12. The maximum Gasteiger partial charge on any atom is 0.421 e. The van der Waals surface area contributed by atoms with E-state index in [2.05, 4.69) is 46.5 Å². The van der Waals surface area contributed by atoms with E-state index in [-0.39, 0.29) is 47.4 Å². The monoisotopic (exact) mass is 911 g/mol. The minimum atomic E-state index is -4.78. The van der Waals surface area contributed by atoms with E-state index in [0.717, 1.165) is 45.0 Å². The van der Waals surface area contributed by atoms with Crippen LogP contribution < -0.4 is 31.6 Å². The number of nitrogens with zero attached hydrogens (tertiary/aromatic N) is 6. The van der Waals surface area contributed by atoms with Crippen LogP contribution in [0.5, 0.6) is 0 Å². The van der Waals surface area contributed by atoms with Crippen LogP contribution in [-0.4, -0.2) is 94.3 Å². The van der Waals surface area contributed by atoms with Crippen LogP contribution >= 0.6 is 0 Å². The number of piperazine rings is 1. The number of benzene rings is 3. The topological polar surface area (TPSA) is 177 Å². The van der Waals surface area contributed by atoms with Crippen molar-refractivity contribution >= 4 is 58.3 Å². The lowest BCUT2D eigenvalue weighted by atomic mass is 9.91. The number of hydrazine groups is 1. The molecular formula is C46H46F5N11O4. The molecule has 1 atom stereocenters. The van der Waals surface area contributed by atoms with Crippen molar-refractivity contribution in [2.24, 2.45) is 5.92 Å². The van der Waals surface area contributed by atoms with Crippen molar-refractivity contribution in [3.8, 4) is 0 Å². The molecule has 4 amide bonds. The fourth-order valence-electron chi connectivity index (χ4n) is 8.15. The van der Waals surface area contributed by atoms with Gasteiger partial charge in [-0.15, -0.1) is 0 Å². The van der Waals surface area contributed by atoms with Gasteiger partial charge >= 0.3 is 6.18 Å². The number of piperidine rings is 2. The zero-order chi connectivity index (χ0) is 46.4. The molecule has 5 aromatic rings. The Bertz CT molecular complexity index is 2570. The maximum atomic E-state index is 15.1. The highest BCUT2D eigenvalue weighted by atomic mass is 19.4. The Labute approximate surface area is 376 Å². The van der Waals surface area contributed by atoms with Gasteiger partial charge in [0.2, 0.25) is 17.8 Å². The van der Waals surface area contributed by atoms with Crippen molar-refractivity contribution < 1.29 is 41.1 Å². The van der Waals surface area contributed by atoms with Crippen molar-refractivity contribution in [1.82, 2.24) is 35.6 Å². The van der Waals surface area contributed by atoms with Crippen LogP contribution in [0.1, 0.15) is 69.9 Å². The molecule has 1 unspecified atom stereocenters. The number of rotatable bonds is 13. The zero-order valence-electron chi connectivity index (χ0n) is 35.5. The van der Waals surface area contributed by atoms with E-state index in [1.54, 1.807) is 24.3 Å². The summed E-state index contributed by atoms with van der Waals surface area (Å²) in [5.41, 5.74) is 3.25. The molecule has 66 heavy (non-hydrogen) atoms. The molecule has 5 N–H and O–H groups in total. The number of carbonyl (C=O) groups excluding carboxylic acids is 4. The Kier molecular flexibility index (Phi) is 13.8. The van der Waals surface area contributed by atoms with Gasteiger partial charge in [-0.1, -0.05) is 12.1 Å². The van der Waals surface area contributed by atoms with Gasteiger partial charge in [0, 0.05) is 92.3 Å². The lowest BCUT2D eigenvalue weighted by Crippen LogP contribution is -2.48. The number of nitrogens with one attached hydrogen (secondary N) is 5. The molecule has 3 fully saturated rings. The fourth-order valence-corrected chi connectivity index (χ4v) is 8.15. The number of alkyl halides is 3. The second-order valence-corrected chi connectivity index (χ2v) is 16.3. The zero-order valence-corrected chi connectivity index (χ0v) is 35.5. The Hall–Kier alpha value is -7.06. The molecule has 3 saturated heterocycles. The average molecular weight is 912 g/mol. The van der Waals surface area contributed by atoms with Gasteiger partial charge < -0.3 is 20.9 Å². The number of halogens is 5. The van der Waals surface area contributed by atoms with E-state index in [0.29, 0.717) is 61.0 Å². The van der Waals surface area contributed by atoms with Crippen molar-refractivity contribution in [3.05, 3.63) is 125 Å². The summed E-state index contributed by atoms with van der Waals surface area (Å²) >= 11 is 0. The number of hydrogen-bond donors (Lipinski definition) is 5. The van der Waals surface area contributed by atoms with E-state index < -0.39 is 46.9 Å². The minimum Gasteiger partial charge on any atom is -0.354 e. The predicted molar refractivity (Wildman–Crippen MR) is 235 cm³/mol. The lowest BCUT2D eigenvalue weighted by molar-refractivity contribution is -0.137. The van der Waals surface area contributed by atoms with E-state index in [1.807, 2.05) is 9.91 Å². The Morgan fingerprint density at radius 3 is 2.12 bits per heavy atom. The van der Waals surface area contributed by atoms with Crippen LogP contribution in [0.3, 0.4) is 0 Å². The van der Waals surface area contributed by atoms with Crippen molar-refractivity contribution in [1.29, 1.82) is 0 Å². The third kappa shape index (κ3) is 11.2. The first-order valence-corrected chi connectivity index (χ1v) is 21.5. The van der Waals surface area contributed by atoms with Crippen LogP contribution in [0, 0.1) is 17.6 Å². The van der Waals surface area contributed by atoms with Crippen LogP contribution in [0.4, 0.5) is 56.6 Å². The number of aromatic nitrogens is 3. The molecule has 0 bridgehead atoms. The third-order valence-corrected chi connectivity index (χ3v) is 11.9. The summed E-state index contributed by atoms with van der Waals surface area (Å²) < 4.78 is 71.0. The summed E-state index contributed by atoms with van der Waals surface area (Å²) in [6.45, 7) is 5.29. The van der Waals surface area contributed by atoms with E-state index in [9.17, 15) is 36.7 Å². The van der Waals surface area contributed by atoms with Gasteiger partial charge in [-0.2, -0.15) is 18.2 Å². The SMILES string of the molecule is O=C1CCC(c2cnc(N3CCN(CCC4CCN(NC(=O)c5ccc(Nc6ncc(C(F)(F)F)c(Nc7ccc(NC(=O)c8ccccc8F)cc7)n6)cc5)CC4)CC3)cc2F)C(=O)N1. The molecule has 20 heteroatoms. The second-order valence-electron chi connectivity index (χ2n) is 16.3. The number of anilines is 6. The molecule has 15 nitrogen and oxygen atoms in total. The molecule has 5 heterocycles. The van der Waals surface area contributed by atoms with Gasteiger partial charge in [-0.05, 0) is 98.8 Å². The highest BCUT2D eigenvalue weighted by Gasteiger charge is 2.36. The average Bonchev–Trinajstić information content (AvgIpc) is 3.30. The first-order valence-electron chi connectivity index (χ1n) is 21.5. The van der Waals surface area contributed by atoms with E-state index in [4.69, 9.17) is 0 Å². The summed E-state index contributed by atoms with van der Waals surface area (Å²) in [4.78, 5) is 66.2. The standard InChI is InChI=1S/C46H46F5N11O4/c47-37-4-2-1-3-34(37)44(66)55-31-11-9-30(10-12-31)54-41-36(46(49,50)51)27-53-45(58-41)56-32-7-5-29(6-8-32)42(64)59-62-19-16-28(17-20-62)15-18-60-21-23-61(24-22-60)39-25-38(48)35(26-52-39)33-13-14-40(63)57-43(33)65/h1-12,25-28,33H,13-24H2,(H,55,66)(H,59,64)(H,57,63,65)(H2,53,54,56,58). The molecule has 2 aromatic heterocycles. The first kappa shape index (κ1) is 45.5. The highest BCUT2D eigenvalue weighted by molar-refractivity contribution is 6.04. The summed E-state index contributed by atoms with van der Waals surface area (Å²) in [7, 11) is 0. The Morgan fingerprint density at radius 2 is 1.44 bits per heavy atom. The van der Waals surface area contributed by atoms with Gasteiger partial charge in [-0.3, -0.25) is 34.8 Å². The summed E-state index contributed by atoms with van der Waals surface area (Å²) in [6.07, 6.45) is 0.558. The number of amides is 4. The normalized spacial score (nSPS) is 17.5. The van der Waals surface area contributed by atoms with Crippen molar-refractivity contribution in [2.75, 3.05) is 66.7 Å². The smallest absolute Gasteiger partial charge is 0.354 e. The summed E-state index contributed by atoms with van der Waals surface area (Å²) in [6, 6.07) is 19.0. The van der Waals surface area contributed by atoms with Crippen LogP contribution in [0.25, 0.3) is 0 Å². The molecule has 3 aromatic carbocycles. The molecule has 0 aliphatic carbocycles. The van der Waals surface area contributed by atoms with Gasteiger partial charge in [0.05, 0.1) is 11.5 Å². The van der Waals surface area contributed by atoms with Crippen LogP contribution in [0.2, 0.25) is 0 Å². The number of carbonyl (C=O) groups is 4. The predicted octanol–water partition coefficient (Wildman–Crippen LogP) is 7.00. The van der Waals surface area contributed by atoms with Crippen molar-refractivity contribution in [2.45, 2.75) is 44.2 Å².